The van der Waals surface area contributed by atoms with Crippen LogP contribution in [0.15, 0.2) is 72.8 Å². The van der Waals surface area contributed by atoms with Gasteiger partial charge >= 0.3 is 0 Å². The van der Waals surface area contributed by atoms with Crippen LogP contribution >= 0.6 is 11.6 Å². The first-order valence-corrected chi connectivity index (χ1v) is 14.9. The number of amides is 1. The first kappa shape index (κ1) is 27.5. The second-order valence-corrected chi connectivity index (χ2v) is 12.0. The Morgan fingerprint density at radius 2 is 1.77 bits per heavy atom. The summed E-state index contributed by atoms with van der Waals surface area (Å²) < 4.78 is 2.29. The zero-order valence-corrected chi connectivity index (χ0v) is 24.2. The van der Waals surface area contributed by atoms with Crippen molar-refractivity contribution in [3.05, 3.63) is 100 Å². The summed E-state index contributed by atoms with van der Waals surface area (Å²) in [5.74, 6) is 2.05. The number of carbonyl (C=O) groups excluding carboxylic acids is 1. The number of benzene rings is 3. The quantitative estimate of drug-likeness (QED) is 0.178. The van der Waals surface area contributed by atoms with E-state index < -0.39 is 0 Å². The zero-order chi connectivity index (χ0) is 27.4. The fourth-order valence-electron chi connectivity index (χ4n) is 5.80. The molecule has 5 heteroatoms. The molecule has 0 N–H and O–H groups in total. The Labute approximate surface area is 238 Å². The molecule has 1 aliphatic rings. The number of hydrogen-bond donors (Lipinski definition) is 0. The van der Waals surface area contributed by atoms with Gasteiger partial charge in [0.2, 0.25) is 0 Å². The summed E-state index contributed by atoms with van der Waals surface area (Å²) in [6.45, 7) is 7.87. The van der Waals surface area contributed by atoms with Gasteiger partial charge in [-0.15, -0.1) is 0 Å². The average molecular weight is 542 g/mol. The molecule has 0 saturated heterocycles. The van der Waals surface area contributed by atoms with Crippen LogP contribution < -0.4 is 0 Å². The van der Waals surface area contributed by atoms with Crippen molar-refractivity contribution in [2.24, 2.45) is 11.8 Å². The molecule has 0 spiro atoms. The number of halogens is 1. The Morgan fingerprint density at radius 1 is 1.03 bits per heavy atom. The topological polar surface area (TPSA) is 38.1 Å². The number of carbonyl (C=O) groups is 1. The van der Waals surface area contributed by atoms with Gasteiger partial charge in [-0.1, -0.05) is 106 Å². The van der Waals surface area contributed by atoms with Gasteiger partial charge in [-0.25, -0.2) is 4.98 Å². The van der Waals surface area contributed by atoms with Gasteiger partial charge < -0.3 is 9.47 Å². The molecule has 0 bridgehead atoms. The van der Waals surface area contributed by atoms with Gasteiger partial charge in [0.15, 0.2) is 0 Å². The minimum atomic E-state index is -0.169. The fraction of sp³-hybridized carbons (Fsp3) is 0.412. The Balaban J connectivity index is 1.55. The van der Waals surface area contributed by atoms with E-state index in [4.69, 9.17) is 16.6 Å². The molecule has 4 aromatic rings. The lowest BCUT2D eigenvalue weighted by atomic mass is 9.82. The van der Waals surface area contributed by atoms with Crippen molar-refractivity contribution in [2.45, 2.75) is 71.9 Å². The van der Waals surface area contributed by atoms with Crippen LogP contribution in [0.25, 0.3) is 11.0 Å². The highest BCUT2D eigenvalue weighted by atomic mass is 35.5. The third kappa shape index (κ3) is 6.38. The molecule has 0 aliphatic heterocycles. The van der Waals surface area contributed by atoms with Crippen molar-refractivity contribution in [3.63, 3.8) is 0 Å². The van der Waals surface area contributed by atoms with E-state index in [2.05, 4.69) is 60.6 Å². The lowest BCUT2D eigenvalue weighted by molar-refractivity contribution is 0.0599. The summed E-state index contributed by atoms with van der Waals surface area (Å²) in [5, 5.41) is 0.670. The molecule has 5 rings (SSSR count). The van der Waals surface area contributed by atoms with Crippen LogP contribution in [-0.2, 0) is 6.54 Å². The molecule has 0 radical (unpaired) electrons. The Hall–Kier alpha value is -3.11. The number of aryl methyl sites for hydroxylation is 1. The van der Waals surface area contributed by atoms with E-state index in [0.717, 1.165) is 53.3 Å². The van der Waals surface area contributed by atoms with Crippen LogP contribution in [0.3, 0.4) is 0 Å². The first-order chi connectivity index (χ1) is 18.9. The summed E-state index contributed by atoms with van der Waals surface area (Å²) in [4.78, 5) is 21.4. The Morgan fingerprint density at radius 3 is 2.44 bits per heavy atom. The molecule has 1 heterocycles. The smallest absolute Gasteiger partial charge is 0.254 e. The molecule has 1 atom stereocenters. The summed E-state index contributed by atoms with van der Waals surface area (Å²) in [7, 11) is 0. The molecule has 3 aromatic carbocycles. The molecule has 1 aromatic heterocycles. The van der Waals surface area contributed by atoms with Crippen molar-refractivity contribution in [1.82, 2.24) is 14.5 Å². The van der Waals surface area contributed by atoms with E-state index in [1.165, 1.54) is 31.2 Å². The lowest BCUT2D eigenvalue weighted by Gasteiger charge is -2.35. The molecular formula is C34H40ClN3O. The van der Waals surface area contributed by atoms with E-state index in [0.29, 0.717) is 11.6 Å². The second-order valence-electron chi connectivity index (χ2n) is 11.5. The molecule has 1 saturated carbocycles. The van der Waals surface area contributed by atoms with Crippen LogP contribution in [-0.4, -0.2) is 26.9 Å². The maximum atomic E-state index is 14.2. The summed E-state index contributed by atoms with van der Waals surface area (Å²) in [5.41, 5.74) is 5.00. The Kier molecular flexibility index (Phi) is 8.72. The maximum Gasteiger partial charge on any atom is 0.254 e. The van der Waals surface area contributed by atoms with Crippen molar-refractivity contribution in [3.8, 4) is 0 Å². The fourth-order valence-corrected chi connectivity index (χ4v) is 5.97. The van der Waals surface area contributed by atoms with E-state index in [1.54, 1.807) is 0 Å². The lowest BCUT2D eigenvalue weighted by Crippen LogP contribution is -2.39. The molecule has 4 nitrogen and oxygen atoms in total. The van der Waals surface area contributed by atoms with E-state index in [9.17, 15) is 4.79 Å². The van der Waals surface area contributed by atoms with E-state index in [1.807, 2.05) is 42.5 Å². The van der Waals surface area contributed by atoms with Gasteiger partial charge in [-0.3, -0.25) is 4.79 Å². The van der Waals surface area contributed by atoms with Gasteiger partial charge in [0.1, 0.15) is 5.82 Å². The number of fused-ring (bicyclic) bond motifs is 1. The molecule has 1 fully saturated rings. The number of nitrogens with zero attached hydrogens (tertiary/aromatic N) is 3. The average Bonchev–Trinajstić information content (AvgIpc) is 3.23. The molecule has 1 aliphatic carbocycles. The first-order valence-electron chi connectivity index (χ1n) is 14.5. The molecular weight excluding hydrogens is 502 g/mol. The summed E-state index contributed by atoms with van der Waals surface area (Å²) in [6, 6.07) is 24.2. The van der Waals surface area contributed by atoms with Crippen LogP contribution in [0.2, 0.25) is 5.02 Å². The second kappa shape index (κ2) is 12.4. The minimum Gasteiger partial charge on any atom is -0.328 e. The van der Waals surface area contributed by atoms with Gasteiger partial charge in [0, 0.05) is 23.7 Å². The number of hydrogen-bond acceptors (Lipinski definition) is 2. The predicted octanol–water partition coefficient (Wildman–Crippen LogP) is 8.86. The molecule has 204 valence electrons. The van der Waals surface area contributed by atoms with Gasteiger partial charge in [-0.2, -0.15) is 0 Å². The van der Waals surface area contributed by atoms with Crippen LogP contribution in [0, 0.1) is 18.8 Å². The highest BCUT2D eigenvalue weighted by Crippen LogP contribution is 2.35. The number of aromatic nitrogens is 2. The summed E-state index contributed by atoms with van der Waals surface area (Å²) in [6.07, 6.45) is 7.54. The van der Waals surface area contributed by atoms with Crippen molar-refractivity contribution >= 4 is 28.5 Å². The van der Waals surface area contributed by atoms with Crippen LogP contribution in [0.4, 0.5) is 0 Å². The zero-order valence-electron chi connectivity index (χ0n) is 23.4. The van der Waals surface area contributed by atoms with Crippen molar-refractivity contribution < 1.29 is 4.79 Å². The summed E-state index contributed by atoms with van der Waals surface area (Å²) >= 11 is 6.40. The standard InChI is InChI=1S/C34H40ClN3O/c1-24(2)32(33-36-30-22-29(35)19-20-31(30)38(33)23-27-11-5-4-6-12-27)37(21-8-7-10-26-13-9-14-26)34(39)28-17-15-25(3)16-18-28/h4-6,11-12,15-20,22,24,26,32H,7-10,13-14,21,23H2,1-3H3/t32-/m1/s1. The maximum absolute atomic E-state index is 14.2. The number of unbranched alkanes of at least 4 members (excludes halogenated alkanes) is 1. The molecule has 1 amide bonds. The van der Waals surface area contributed by atoms with E-state index in [-0.39, 0.29) is 17.9 Å². The predicted molar refractivity (Wildman–Crippen MR) is 161 cm³/mol. The normalized spacial score (nSPS) is 14.5. The van der Waals surface area contributed by atoms with Gasteiger partial charge in [0.05, 0.1) is 17.1 Å². The van der Waals surface area contributed by atoms with Gasteiger partial charge in [-0.05, 0) is 61.1 Å². The SMILES string of the molecule is Cc1ccc(C(=O)N(CCCCC2CCC2)[C@@H](c2nc3cc(Cl)ccc3n2Cc2ccccc2)C(C)C)cc1. The number of imidazole rings is 1. The third-order valence-corrected chi connectivity index (χ3v) is 8.44. The highest BCUT2D eigenvalue weighted by molar-refractivity contribution is 6.31. The molecule has 0 unspecified atom stereocenters. The highest BCUT2D eigenvalue weighted by Gasteiger charge is 2.33. The minimum absolute atomic E-state index is 0.0775. The van der Waals surface area contributed by atoms with E-state index >= 15 is 0 Å². The monoisotopic (exact) mass is 541 g/mol. The largest absolute Gasteiger partial charge is 0.328 e. The Bertz CT molecular complexity index is 1390. The van der Waals surface area contributed by atoms with Gasteiger partial charge in [0.25, 0.3) is 5.91 Å². The number of rotatable bonds is 11. The van der Waals surface area contributed by atoms with Crippen LogP contribution in [0.5, 0.6) is 0 Å². The van der Waals surface area contributed by atoms with Crippen molar-refractivity contribution in [1.29, 1.82) is 0 Å². The van der Waals surface area contributed by atoms with Crippen molar-refractivity contribution in [2.75, 3.05) is 6.54 Å². The molecule has 39 heavy (non-hydrogen) atoms. The van der Waals surface area contributed by atoms with Crippen LogP contribution in [0.1, 0.15) is 85.7 Å². The third-order valence-electron chi connectivity index (χ3n) is 8.20.